The molecule has 0 atom stereocenters. The number of alkyl halides is 3. The summed E-state index contributed by atoms with van der Waals surface area (Å²) in [6.45, 7) is 1.76. The Bertz CT molecular complexity index is 1630. The molecular formula is C30H24ClF3N2O6. The second-order valence-electron chi connectivity index (χ2n) is 9.58. The summed E-state index contributed by atoms with van der Waals surface area (Å²) >= 11 is 6.50. The second-order valence-corrected chi connectivity index (χ2v) is 9.99. The molecule has 3 aromatic carbocycles. The molecule has 4 aromatic rings. The van der Waals surface area contributed by atoms with Crippen molar-refractivity contribution < 1.29 is 41.9 Å². The van der Waals surface area contributed by atoms with Gasteiger partial charge in [0.15, 0.2) is 0 Å². The summed E-state index contributed by atoms with van der Waals surface area (Å²) in [4.78, 5) is 16.5. The molecule has 42 heavy (non-hydrogen) atoms. The average Bonchev–Trinajstić information content (AvgIpc) is 3.70. The minimum Gasteiger partial charge on any atom is -0.489 e. The topological polar surface area (TPSA) is 103 Å². The fraction of sp³-hybridized carbons (Fsp3) is 0.233. The van der Waals surface area contributed by atoms with Gasteiger partial charge in [-0.1, -0.05) is 46.2 Å². The predicted octanol–water partition coefficient (Wildman–Crippen LogP) is 7.99. The third kappa shape index (κ3) is 7.03. The van der Waals surface area contributed by atoms with Crippen LogP contribution in [0.2, 0.25) is 5.02 Å². The number of hydrogen-bond donors (Lipinski definition) is 1. The number of aromatic carboxylic acids is 1. The summed E-state index contributed by atoms with van der Waals surface area (Å²) in [5.74, 6) is -0.312. The molecule has 0 unspecified atom stereocenters. The average molecular weight is 601 g/mol. The van der Waals surface area contributed by atoms with Crippen LogP contribution in [0, 0.1) is 0 Å². The molecule has 0 spiro atoms. The number of carboxylic acids is 1. The second kappa shape index (κ2) is 12.2. The van der Waals surface area contributed by atoms with E-state index < -0.39 is 12.3 Å². The maximum atomic E-state index is 13.0. The number of nitrogens with zero attached hydrogens (tertiary/aromatic N) is 2. The molecule has 1 heterocycles. The van der Waals surface area contributed by atoms with Gasteiger partial charge in [-0.15, -0.1) is 13.2 Å². The Hall–Kier alpha value is -4.51. The molecule has 1 aliphatic rings. The van der Waals surface area contributed by atoms with Crippen LogP contribution in [0.3, 0.4) is 0 Å². The van der Waals surface area contributed by atoms with Gasteiger partial charge in [-0.05, 0) is 67.8 Å². The van der Waals surface area contributed by atoms with Gasteiger partial charge in [0.25, 0.3) is 0 Å². The first-order valence-corrected chi connectivity index (χ1v) is 13.2. The fourth-order valence-corrected chi connectivity index (χ4v) is 4.60. The lowest BCUT2D eigenvalue weighted by Crippen LogP contribution is -2.17. The molecule has 5 rings (SSSR count). The van der Waals surface area contributed by atoms with Crippen molar-refractivity contribution in [3.8, 4) is 22.8 Å². The van der Waals surface area contributed by atoms with Gasteiger partial charge in [0.2, 0.25) is 0 Å². The summed E-state index contributed by atoms with van der Waals surface area (Å²) in [6.07, 6.45) is -3.10. The fourth-order valence-electron chi connectivity index (χ4n) is 4.30. The lowest BCUT2D eigenvalue weighted by atomic mass is 10.0. The highest BCUT2D eigenvalue weighted by Crippen LogP contribution is 2.45. The van der Waals surface area contributed by atoms with Gasteiger partial charge in [-0.25, -0.2) is 4.79 Å². The van der Waals surface area contributed by atoms with Gasteiger partial charge in [0.05, 0.1) is 21.9 Å². The zero-order valence-corrected chi connectivity index (χ0v) is 22.9. The number of oxime groups is 1. The Morgan fingerprint density at radius 2 is 1.88 bits per heavy atom. The molecule has 1 N–H and O–H groups in total. The highest BCUT2D eigenvalue weighted by atomic mass is 35.5. The van der Waals surface area contributed by atoms with E-state index in [1.165, 1.54) is 30.3 Å². The van der Waals surface area contributed by atoms with Crippen LogP contribution in [-0.2, 0) is 18.1 Å². The van der Waals surface area contributed by atoms with Gasteiger partial charge in [-0.3, -0.25) is 0 Å². The molecule has 1 fully saturated rings. The van der Waals surface area contributed by atoms with E-state index in [0.717, 1.165) is 12.8 Å². The highest BCUT2D eigenvalue weighted by molar-refractivity contribution is 6.34. The smallest absolute Gasteiger partial charge is 0.489 e. The van der Waals surface area contributed by atoms with E-state index in [0.29, 0.717) is 38.9 Å². The van der Waals surface area contributed by atoms with Crippen LogP contribution in [0.25, 0.3) is 11.3 Å². The third-order valence-corrected chi connectivity index (χ3v) is 6.77. The number of carboxylic acid groups (broad SMARTS) is 1. The van der Waals surface area contributed by atoms with Gasteiger partial charge in [-0.2, -0.15) is 0 Å². The standard InChI is InChI=1S/C30H24ClF3N2O6/c1-17(35-40-15-18-5-4-6-20(13-18)29(37)38)22-12-11-21(14-25(22)31)39-16-24-27(36-42-28(24)19-9-10-19)23-7-2-3-8-26(23)41-30(32,33)34/h2-8,11-14,19H,9-10,15-16H2,1H3,(H,37,38)/b35-17+. The molecule has 1 aliphatic carbocycles. The van der Waals surface area contributed by atoms with Crippen molar-refractivity contribution in [3.05, 3.63) is 99.8 Å². The van der Waals surface area contributed by atoms with E-state index in [1.807, 2.05) is 0 Å². The maximum absolute atomic E-state index is 13.0. The van der Waals surface area contributed by atoms with Crippen LogP contribution < -0.4 is 9.47 Å². The van der Waals surface area contributed by atoms with Crippen molar-refractivity contribution in [2.75, 3.05) is 0 Å². The van der Waals surface area contributed by atoms with Crippen LogP contribution in [0.5, 0.6) is 11.5 Å². The van der Waals surface area contributed by atoms with Crippen LogP contribution in [0.1, 0.15) is 58.5 Å². The third-order valence-electron chi connectivity index (χ3n) is 6.45. The van der Waals surface area contributed by atoms with Gasteiger partial charge in [0, 0.05) is 17.0 Å². The molecule has 0 saturated heterocycles. The van der Waals surface area contributed by atoms with Crippen molar-refractivity contribution in [2.24, 2.45) is 5.16 Å². The number of hydrogen-bond acceptors (Lipinski definition) is 7. The Kier molecular flexibility index (Phi) is 8.39. The van der Waals surface area contributed by atoms with E-state index in [1.54, 1.807) is 43.3 Å². The number of benzene rings is 3. The van der Waals surface area contributed by atoms with E-state index in [2.05, 4.69) is 15.0 Å². The van der Waals surface area contributed by atoms with Crippen molar-refractivity contribution in [3.63, 3.8) is 0 Å². The van der Waals surface area contributed by atoms with Crippen LogP contribution in [-0.4, -0.2) is 28.3 Å². The predicted molar refractivity (Wildman–Crippen MR) is 147 cm³/mol. The van der Waals surface area contributed by atoms with E-state index in [-0.39, 0.29) is 41.7 Å². The van der Waals surface area contributed by atoms with Gasteiger partial charge < -0.3 is 23.9 Å². The molecule has 1 aromatic heterocycles. The lowest BCUT2D eigenvalue weighted by Gasteiger charge is -2.13. The highest BCUT2D eigenvalue weighted by Gasteiger charge is 2.35. The molecule has 1 saturated carbocycles. The Labute approximate surface area is 243 Å². The van der Waals surface area contributed by atoms with Crippen LogP contribution in [0.15, 0.2) is 76.4 Å². The molecule has 0 radical (unpaired) electrons. The number of rotatable bonds is 11. The van der Waals surface area contributed by atoms with Crippen molar-refractivity contribution in [1.82, 2.24) is 5.16 Å². The molecule has 0 amide bonds. The molecule has 8 nitrogen and oxygen atoms in total. The van der Waals surface area contributed by atoms with Gasteiger partial charge in [0.1, 0.15) is 36.2 Å². The Morgan fingerprint density at radius 1 is 1.10 bits per heavy atom. The minimum absolute atomic E-state index is 0.0215. The number of halogens is 4. The van der Waals surface area contributed by atoms with Gasteiger partial charge >= 0.3 is 12.3 Å². The van der Waals surface area contributed by atoms with Crippen LogP contribution >= 0.6 is 11.6 Å². The van der Waals surface area contributed by atoms with E-state index in [4.69, 9.17) is 30.8 Å². The summed E-state index contributed by atoms with van der Waals surface area (Å²) < 4.78 is 54.9. The monoisotopic (exact) mass is 600 g/mol. The summed E-state index contributed by atoms with van der Waals surface area (Å²) in [5, 5.41) is 17.6. The molecular weight excluding hydrogens is 577 g/mol. The lowest BCUT2D eigenvalue weighted by molar-refractivity contribution is -0.274. The molecule has 0 bridgehead atoms. The first-order chi connectivity index (χ1) is 20.1. The number of para-hydroxylation sites is 1. The van der Waals surface area contributed by atoms with Crippen molar-refractivity contribution >= 4 is 23.3 Å². The van der Waals surface area contributed by atoms with Crippen molar-refractivity contribution in [1.29, 1.82) is 0 Å². The first-order valence-electron chi connectivity index (χ1n) is 12.8. The summed E-state index contributed by atoms with van der Waals surface area (Å²) in [6, 6.07) is 17.1. The zero-order chi connectivity index (χ0) is 29.9. The quantitative estimate of drug-likeness (QED) is 0.137. The summed E-state index contributed by atoms with van der Waals surface area (Å²) in [7, 11) is 0. The first kappa shape index (κ1) is 29.0. The number of ether oxygens (including phenoxy) is 2. The van der Waals surface area contributed by atoms with Crippen LogP contribution in [0.4, 0.5) is 13.2 Å². The summed E-state index contributed by atoms with van der Waals surface area (Å²) in [5.41, 5.74) is 2.76. The minimum atomic E-state index is -4.87. The number of carbonyl (C=O) groups is 1. The SMILES string of the molecule is C/C(=N\OCc1cccc(C(=O)O)c1)c1ccc(OCc2c(-c3ccccc3OC(F)(F)F)noc2C2CC2)cc1Cl. The Balaban J connectivity index is 1.30. The normalized spacial score (nSPS) is 13.6. The zero-order valence-electron chi connectivity index (χ0n) is 22.2. The largest absolute Gasteiger partial charge is 0.573 e. The molecule has 12 heteroatoms. The maximum Gasteiger partial charge on any atom is 0.573 e. The molecule has 218 valence electrons. The van der Waals surface area contributed by atoms with E-state index >= 15 is 0 Å². The Morgan fingerprint density at radius 3 is 2.60 bits per heavy atom. The number of aromatic nitrogens is 1. The van der Waals surface area contributed by atoms with Crippen molar-refractivity contribution in [2.45, 2.75) is 45.3 Å². The van der Waals surface area contributed by atoms with E-state index in [9.17, 15) is 18.0 Å². The molecule has 0 aliphatic heterocycles.